The van der Waals surface area contributed by atoms with Crippen molar-refractivity contribution in [1.29, 1.82) is 0 Å². The maximum absolute atomic E-state index is 13.3. The quantitative estimate of drug-likeness (QED) is 0.416. The lowest BCUT2D eigenvalue weighted by atomic mass is 10.1. The van der Waals surface area contributed by atoms with Gasteiger partial charge in [0, 0.05) is 22.4 Å². The summed E-state index contributed by atoms with van der Waals surface area (Å²) in [5, 5.41) is 3.39. The van der Waals surface area contributed by atoms with Crippen molar-refractivity contribution in [3.05, 3.63) is 98.2 Å². The van der Waals surface area contributed by atoms with Crippen LogP contribution in [0, 0.1) is 6.92 Å². The molecule has 142 valence electrons. The standard InChI is InChI=1S/C23H16N2O3S/c1-14-7-8-17-16(10-20(26)28-19(17)9-14)11-25-13-24-22-21(23(25)27)18(12-29-22)15-5-3-2-4-6-15/h2-10,12-13H,11H2,1H3. The summed E-state index contributed by atoms with van der Waals surface area (Å²) < 4.78 is 6.88. The summed E-state index contributed by atoms with van der Waals surface area (Å²) >= 11 is 1.46. The molecule has 0 unspecified atom stereocenters. The van der Waals surface area contributed by atoms with Gasteiger partial charge in [-0.2, -0.15) is 0 Å². The van der Waals surface area contributed by atoms with Crippen molar-refractivity contribution in [3.8, 4) is 11.1 Å². The molecule has 5 nitrogen and oxygen atoms in total. The van der Waals surface area contributed by atoms with Gasteiger partial charge in [0.2, 0.25) is 0 Å². The molecular weight excluding hydrogens is 384 g/mol. The number of benzene rings is 2. The Kier molecular flexibility index (Phi) is 4.14. The van der Waals surface area contributed by atoms with E-state index < -0.39 is 5.63 Å². The van der Waals surface area contributed by atoms with E-state index in [1.807, 2.05) is 60.8 Å². The summed E-state index contributed by atoms with van der Waals surface area (Å²) in [5.74, 6) is 0. The summed E-state index contributed by atoms with van der Waals surface area (Å²) in [6.45, 7) is 2.19. The molecule has 0 aliphatic rings. The number of hydrogen-bond acceptors (Lipinski definition) is 5. The van der Waals surface area contributed by atoms with Gasteiger partial charge in [-0.15, -0.1) is 11.3 Å². The number of fused-ring (bicyclic) bond motifs is 2. The molecule has 3 aromatic heterocycles. The fourth-order valence-corrected chi connectivity index (χ4v) is 4.47. The molecule has 0 N–H and O–H groups in total. The van der Waals surface area contributed by atoms with Gasteiger partial charge in [-0.25, -0.2) is 9.78 Å². The van der Waals surface area contributed by atoms with Crippen molar-refractivity contribution in [2.24, 2.45) is 0 Å². The highest BCUT2D eigenvalue weighted by Crippen LogP contribution is 2.30. The van der Waals surface area contributed by atoms with Gasteiger partial charge in [0.15, 0.2) is 0 Å². The zero-order valence-electron chi connectivity index (χ0n) is 15.6. The fourth-order valence-electron chi connectivity index (χ4n) is 3.56. The first kappa shape index (κ1) is 17.6. The second kappa shape index (κ2) is 6.83. The third-order valence-electron chi connectivity index (χ3n) is 4.97. The minimum atomic E-state index is -0.430. The van der Waals surface area contributed by atoms with Gasteiger partial charge < -0.3 is 4.42 Å². The van der Waals surface area contributed by atoms with Crippen LogP contribution < -0.4 is 11.2 Å². The van der Waals surface area contributed by atoms with Crippen molar-refractivity contribution < 1.29 is 4.42 Å². The van der Waals surface area contributed by atoms with E-state index >= 15 is 0 Å². The fraction of sp³-hybridized carbons (Fsp3) is 0.0870. The van der Waals surface area contributed by atoms with Crippen molar-refractivity contribution >= 4 is 32.5 Å². The molecule has 0 atom stereocenters. The number of thiophene rings is 1. The normalized spacial score (nSPS) is 11.3. The third kappa shape index (κ3) is 3.07. The first-order valence-electron chi connectivity index (χ1n) is 9.15. The van der Waals surface area contributed by atoms with Crippen LogP contribution in [0.25, 0.3) is 32.3 Å². The Bertz CT molecular complexity index is 1480. The molecule has 0 saturated carbocycles. The summed E-state index contributed by atoms with van der Waals surface area (Å²) in [7, 11) is 0. The minimum absolute atomic E-state index is 0.122. The molecule has 0 aliphatic heterocycles. The second-order valence-corrected chi connectivity index (χ2v) is 7.82. The zero-order chi connectivity index (χ0) is 20.0. The van der Waals surface area contributed by atoms with Gasteiger partial charge in [-0.3, -0.25) is 9.36 Å². The monoisotopic (exact) mass is 400 g/mol. The summed E-state index contributed by atoms with van der Waals surface area (Å²) in [6.07, 6.45) is 1.55. The van der Waals surface area contributed by atoms with E-state index in [2.05, 4.69) is 4.98 Å². The van der Waals surface area contributed by atoms with Gasteiger partial charge in [0.25, 0.3) is 5.56 Å². The van der Waals surface area contributed by atoms with E-state index in [4.69, 9.17) is 4.42 Å². The Hall–Kier alpha value is -3.51. The summed E-state index contributed by atoms with van der Waals surface area (Å²) in [4.78, 5) is 30.5. The maximum Gasteiger partial charge on any atom is 0.336 e. The van der Waals surface area contributed by atoms with E-state index in [0.29, 0.717) is 15.8 Å². The Morgan fingerprint density at radius 1 is 1.07 bits per heavy atom. The topological polar surface area (TPSA) is 65.1 Å². The van der Waals surface area contributed by atoms with Crippen molar-refractivity contribution in [1.82, 2.24) is 9.55 Å². The molecule has 0 fully saturated rings. The predicted molar refractivity (Wildman–Crippen MR) is 116 cm³/mol. The average Bonchev–Trinajstić information content (AvgIpc) is 3.15. The van der Waals surface area contributed by atoms with Crippen LogP contribution in [-0.4, -0.2) is 9.55 Å². The maximum atomic E-state index is 13.3. The Labute approximate surface area is 169 Å². The SMILES string of the molecule is Cc1ccc2c(Cn3cnc4scc(-c5ccccc5)c4c3=O)cc(=O)oc2c1. The average molecular weight is 400 g/mol. The summed E-state index contributed by atoms with van der Waals surface area (Å²) in [5.41, 5.74) is 3.57. The Balaban J connectivity index is 1.68. The molecule has 0 bridgehead atoms. The van der Waals surface area contributed by atoms with E-state index in [9.17, 15) is 9.59 Å². The number of nitrogens with zero attached hydrogens (tertiary/aromatic N) is 2. The highest BCUT2D eigenvalue weighted by Gasteiger charge is 2.14. The highest BCUT2D eigenvalue weighted by molar-refractivity contribution is 7.17. The van der Waals surface area contributed by atoms with Crippen molar-refractivity contribution in [2.75, 3.05) is 0 Å². The zero-order valence-corrected chi connectivity index (χ0v) is 16.4. The summed E-state index contributed by atoms with van der Waals surface area (Å²) in [6, 6.07) is 17.0. The number of rotatable bonds is 3. The lowest BCUT2D eigenvalue weighted by Crippen LogP contribution is -2.21. The van der Waals surface area contributed by atoms with Crippen molar-refractivity contribution in [3.63, 3.8) is 0 Å². The molecule has 0 radical (unpaired) electrons. The van der Waals surface area contributed by atoms with Gasteiger partial charge in [-0.05, 0) is 29.7 Å². The van der Waals surface area contributed by atoms with Gasteiger partial charge >= 0.3 is 5.63 Å². The number of aromatic nitrogens is 2. The third-order valence-corrected chi connectivity index (χ3v) is 5.86. The van der Waals surface area contributed by atoms with E-state index in [1.165, 1.54) is 17.4 Å². The molecule has 0 spiro atoms. The van der Waals surface area contributed by atoms with Gasteiger partial charge in [0.1, 0.15) is 10.4 Å². The smallest absolute Gasteiger partial charge is 0.336 e. The van der Waals surface area contributed by atoms with E-state index in [0.717, 1.165) is 27.6 Å². The Morgan fingerprint density at radius 2 is 1.90 bits per heavy atom. The lowest BCUT2D eigenvalue weighted by Gasteiger charge is -2.09. The molecule has 5 aromatic rings. The molecule has 29 heavy (non-hydrogen) atoms. The first-order chi connectivity index (χ1) is 14.1. The molecule has 0 saturated heterocycles. The van der Waals surface area contributed by atoms with Crippen molar-refractivity contribution in [2.45, 2.75) is 13.5 Å². The number of hydrogen-bond donors (Lipinski definition) is 0. The van der Waals surface area contributed by atoms with Crippen LogP contribution in [-0.2, 0) is 6.54 Å². The van der Waals surface area contributed by atoms with Crippen LogP contribution in [0.3, 0.4) is 0 Å². The van der Waals surface area contributed by atoms with Crippen LogP contribution in [0.2, 0.25) is 0 Å². The van der Waals surface area contributed by atoms with Crippen LogP contribution in [0.1, 0.15) is 11.1 Å². The van der Waals surface area contributed by atoms with Crippen LogP contribution in [0.15, 0.2) is 80.3 Å². The van der Waals surface area contributed by atoms with E-state index in [-0.39, 0.29) is 12.1 Å². The molecule has 5 rings (SSSR count). The molecule has 6 heteroatoms. The predicted octanol–water partition coefficient (Wildman–Crippen LogP) is 4.59. The second-order valence-electron chi connectivity index (χ2n) is 6.96. The molecular formula is C23H16N2O3S. The largest absolute Gasteiger partial charge is 0.423 e. The van der Waals surface area contributed by atoms with E-state index in [1.54, 1.807) is 10.9 Å². The molecule has 0 aliphatic carbocycles. The van der Waals surface area contributed by atoms with Crippen LogP contribution >= 0.6 is 11.3 Å². The van der Waals surface area contributed by atoms with Gasteiger partial charge in [0.05, 0.1) is 18.3 Å². The lowest BCUT2D eigenvalue weighted by molar-refractivity contribution is 0.557. The van der Waals surface area contributed by atoms with Gasteiger partial charge in [-0.1, -0.05) is 42.5 Å². The first-order valence-corrected chi connectivity index (χ1v) is 10.0. The number of aryl methyl sites for hydroxylation is 1. The minimum Gasteiger partial charge on any atom is -0.423 e. The molecule has 3 heterocycles. The molecule has 0 amide bonds. The Morgan fingerprint density at radius 3 is 2.72 bits per heavy atom. The highest BCUT2D eigenvalue weighted by atomic mass is 32.1. The van der Waals surface area contributed by atoms with Crippen LogP contribution in [0.5, 0.6) is 0 Å². The molecule has 2 aromatic carbocycles. The van der Waals surface area contributed by atoms with Crippen LogP contribution in [0.4, 0.5) is 0 Å².